The van der Waals surface area contributed by atoms with Crippen LogP contribution in [0.1, 0.15) is 18.4 Å². The number of methoxy groups -OCH3 is 1. The van der Waals surface area contributed by atoms with Gasteiger partial charge >= 0.3 is 0 Å². The summed E-state index contributed by atoms with van der Waals surface area (Å²) in [6.07, 6.45) is 2.22. The predicted octanol–water partition coefficient (Wildman–Crippen LogP) is 2.34. The first-order chi connectivity index (χ1) is 7.47. The van der Waals surface area contributed by atoms with Gasteiger partial charge in [0.05, 0.1) is 7.11 Å². The first-order valence-electron chi connectivity index (χ1n) is 4.99. The van der Waals surface area contributed by atoms with Crippen molar-refractivity contribution >= 4 is 15.9 Å². The van der Waals surface area contributed by atoms with Crippen molar-refractivity contribution in [2.24, 2.45) is 5.73 Å². The molecule has 0 unspecified atom stereocenters. The highest BCUT2D eigenvalue weighted by molar-refractivity contribution is 9.10. The van der Waals surface area contributed by atoms with Crippen molar-refractivity contribution in [2.75, 3.05) is 7.11 Å². The van der Waals surface area contributed by atoms with Gasteiger partial charge in [-0.3, -0.25) is 0 Å². The molecule has 2 rings (SSSR count). The summed E-state index contributed by atoms with van der Waals surface area (Å²) >= 11 is 3.27. The molecule has 1 aliphatic rings. The Hall–Kier alpha value is -0.810. The zero-order chi connectivity index (χ0) is 11.9. The molecule has 1 aliphatic carbocycles. The van der Waals surface area contributed by atoms with E-state index in [0.29, 0.717) is 16.5 Å². The molecule has 1 saturated carbocycles. The summed E-state index contributed by atoms with van der Waals surface area (Å²) in [5.41, 5.74) is 6.05. The third kappa shape index (κ3) is 2.01. The molecule has 0 bridgehead atoms. The topological polar surface area (TPSA) is 55.5 Å². The standard InChI is InChI=1S/C11H13BrFNO2/c1-16-8-4-7(12)6(9(13)10(8)15)5-11(14)2-3-11/h4,15H,2-3,5,14H2,1H3. The van der Waals surface area contributed by atoms with Crippen LogP contribution in [0.4, 0.5) is 4.39 Å². The van der Waals surface area contributed by atoms with Gasteiger partial charge in [-0.1, -0.05) is 15.9 Å². The van der Waals surface area contributed by atoms with Crippen LogP contribution in [0, 0.1) is 5.82 Å². The van der Waals surface area contributed by atoms with Crippen molar-refractivity contribution in [3.8, 4) is 11.5 Å². The van der Waals surface area contributed by atoms with E-state index in [9.17, 15) is 9.50 Å². The Morgan fingerprint density at radius 1 is 1.62 bits per heavy atom. The SMILES string of the molecule is COc1cc(Br)c(CC2(N)CC2)c(F)c1O. The second kappa shape index (κ2) is 3.89. The van der Waals surface area contributed by atoms with Gasteiger partial charge in [0.25, 0.3) is 0 Å². The largest absolute Gasteiger partial charge is 0.502 e. The van der Waals surface area contributed by atoms with Crippen molar-refractivity contribution in [1.82, 2.24) is 0 Å². The summed E-state index contributed by atoms with van der Waals surface area (Å²) in [4.78, 5) is 0. The van der Waals surface area contributed by atoms with Crippen LogP contribution in [0.25, 0.3) is 0 Å². The number of hydrogen-bond acceptors (Lipinski definition) is 3. The van der Waals surface area contributed by atoms with Crippen LogP contribution in [0.15, 0.2) is 10.5 Å². The molecule has 0 heterocycles. The Morgan fingerprint density at radius 2 is 2.25 bits per heavy atom. The Balaban J connectivity index is 2.41. The van der Waals surface area contributed by atoms with Gasteiger partial charge in [-0.15, -0.1) is 0 Å². The number of benzene rings is 1. The van der Waals surface area contributed by atoms with Gasteiger partial charge in [0.15, 0.2) is 17.3 Å². The summed E-state index contributed by atoms with van der Waals surface area (Å²) in [7, 11) is 1.38. The van der Waals surface area contributed by atoms with Gasteiger partial charge in [-0.05, 0) is 25.3 Å². The molecule has 16 heavy (non-hydrogen) atoms. The minimum absolute atomic E-state index is 0.120. The molecule has 1 aromatic carbocycles. The van der Waals surface area contributed by atoms with Crippen molar-refractivity contribution < 1.29 is 14.2 Å². The second-order valence-electron chi connectivity index (χ2n) is 4.24. The number of phenolic OH excluding ortho intramolecular Hbond substituents is 1. The van der Waals surface area contributed by atoms with Crippen molar-refractivity contribution in [2.45, 2.75) is 24.8 Å². The third-order valence-electron chi connectivity index (χ3n) is 2.89. The molecule has 88 valence electrons. The number of phenols is 1. The quantitative estimate of drug-likeness (QED) is 0.898. The molecule has 3 nitrogen and oxygen atoms in total. The number of aromatic hydroxyl groups is 1. The van der Waals surface area contributed by atoms with E-state index in [4.69, 9.17) is 10.5 Å². The Kier molecular flexibility index (Phi) is 2.84. The monoisotopic (exact) mass is 289 g/mol. The van der Waals surface area contributed by atoms with E-state index in [-0.39, 0.29) is 11.3 Å². The maximum absolute atomic E-state index is 13.9. The van der Waals surface area contributed by atoms with E-state index in [1.807, 2.05) is 0 Å². The summed E-state index contributed by atoms with van der Waals surface area (Å²) in [5.74, 6) is -0.983. The predicted molar refractivity (Wildman–Crippen MR) is 62.2 cm³/mol. The Labute approximate surface area is 102 Å². The fourth-order valence-corrected chi connectivity index (χ4v) is 2.16. The second-order valence-corrected chi connectivity index (χ2v) is 5.10. The smallest absolute Gasteiger partial charge is 0.194 e. The average Bonchev–Trinajstić information content (AvgIpc) is 2.97. The first-order valence-corrected chi connectivity index (χ1v) is 5.79. The summed E-state index contributed by atoms with van der Waals surface area (Å²) in [5, 5.41) is 9.56. The Bertz CT molecular complexity index is 432. The van der Waals surface area contributed by atoms with Crippen LogP contribution in [0.2, 0.25) is 0 Å². The lowest BCUT2D eigenvalue weighted by atomic mass is 10.0. The lowest BCUT2D eigenvalue weighted by Gasteiger charge is -2.14. The summed E-state index contributed by atoms with van der Waals surface area (Å²) in [6, 6.07) is 1.56. The lowest BCUT2D eigenvalue weighted by molar-refractivity contribution is 0.354. The molecule has 0 radical (unpaired) electrons. The highest BCUT2D eigenvalue weighted by Crippen LogP contribution is 2.42. The van der Waals surface area contributed by atoms with Gasteiger partial charge in [0, 0.05) is 15.6 Å². The molecule has 1 aromatic rings. The highest BCUT2D eigenvalue weighted by Gasteiger charge is 2.39. The van der Waals surface area contributed by atoms with Crippen LogP contribution >= 0.6 is 15.9 Å². The van der Waals surface area contributed by atoms with E-state index in [2.05, 4.69) is 15.9 Å². The highest BCUT2D eigenvalue weighted by atomic mass is 79.9. The van der Waals surface area contributed by atoms with Crippen LogP contribution in [0.5, 0.6) is 11.5 Å². The van der Waals surface area contributed by atoms with Gasteiger partial charge in [0.1, 0.15) is 0 Å². The molecule has 0 atom stereocenters. The van der Waals surface area contributed by atoms with E-state index in [1.54, 1.807) is 6.07 Å². The van der Waals surface area contributed by atoms with Crippen molar-refractivity contribution in [1.29, 1.82) is 0 Å². The average molecular weight is 290 g/mol. The number of rotatable bonds is 3. The van der Waals surface area contributed by atoms with Crippen molar-refractivity contribution in [3.63, 3.8) is 0 Å². The van der Waals surface area contributed by atoms with Gasteiger partial charge < -0.3 is 15.6 Å². The first kappa shape index (κ1) is 11.7. The normalized spacial score (nSPS) is 17.2. The molecule has 0 aliphatic heterocycles. The molecule has 0 aromatic heterocycles. The number of hydrogen-bond donors (Lipinski definition) is 2. The fraction of sp³-hybridized carbons (Fsp3) is 0.455. The van der Waals surface area contributed by atoms with E-state index < -0.39 is 11.6 Å². The fourth-order valence-electron chi connectivity index (χ4n) is 1.63. The van der Waals surface area contributed by atoms with Crippen LogP contribution in [-0.2, 0) is 6.42 Å². The van der Waals surface area contributed by atoms with Gasteiger partial charge in [0.2, 0.25) is 0 Å². The van der Waals surface area contributed by atoms with Crippen LogP contribution in [-0.4, -0.2) is 17.8 Å². The maximum Gasteiger partial charge on any atom is 0.194 e. The molecule has 0 saturated heterocycles. The molecule has 0 spiro atoms. The van der Waals surface area contributed by atoms with Gasteiger partial charge in [-0.25, -0.2) is 4.39 Å². The van der Waals surface area contributed by atoms with E-state index in [0.717, 1.165) is 12.8 Å². The Morgan fingerprint density at radius 3 is 2.75 bits per heavy atom. The molecule has 0 amide bonds. The summed E-state index contributed by atoms with van der Waals surface area (Å²) in [6.45, 7) is 0. The molecular formula is C11H13BrFNO2. The summed E-state index contributed by atoms with van der Waals surface area (Å²) < 4.78 is 19.3. The zero-order valence-corrected chi connectivity index (χ0v) is 10.5. The maximum atomic E-state index is 13.9. The van der Waals surface area contributed by atoms with Crippen LogP contribution < -0.4 is 10.5 Å². The molecule has 3 N–H and O–H groups in total. The number of halogens is 2. The molecule has 1 fully saturated rings. The third-order valence-corrected chi connectivity index (χ3v) is 3.60. The molecule has 5 heteroatoms. The lowest BCUT2D eigenvalue weighted by Crippen LogP contribution is -2.25. The van der Waals surface area contributed by atoms with Gasteiger partial charge in [-0.2, -0.15) is 0 Å². The van der Waals surface area contributed by atoms with E-state index in [1.165, 1.54) is 7.11 Å². The number of nitrogens with two attached hydrogens (primary N) is 1. The zero-order valence-electron chi connectivity index (χ0n) is 8.89. The van der Waals surface area contributed by atoms with E-state index >= 15 is 0 Å². The minimum atomic E-state index is -0.650. The van der Waals surface area contributed by atoms with Crippen molar-refractivity contribution in [3.05, 3.63) is 21.9 Å². The molecular weight excluding hydrogens is 277 g/mol. The number of ether oxygens (including phenoxy) is 1. The minimum Gasteiger partial charge on any atom is -0.502 e. The van der Waals surface area contributed by atoms with Crippen LogP contribution in [0.3, 0.4) is 0 Å².